The number of carbonyl (C=O) groups excluding carboxylic acids is 1. The minimum atomic E-state index is -0.494. The van der Waals surface area contributed by atoms with Crippen molar-refractivity contribution in [1.29, 1.82) is 0 Å². The SMILES string of the molecule is CCNC(=NCC1CCOC1c1ccccc1)NCCNC(=O)OC(C)(C)C.I. The molecule has 0 aliphatic carbocycles. The summed E-state index contributed by atoms with van der Waals surface area (Å²) < 4.78 is 11.2. The van der Waals surface area contributed by atoms with E-state index in [1.807, 2.05) is 45.9 Å². The summed E-state index contributed by atoms with van der Waals surface area (Å²) in [4.78, 5) is 16.4. The zero-order valence-electron chi connectivity index (χ0n) is 17.9. The van der Waals surface area contributed by atoms with Gasteiger partial charge in [-0.25, -0.2) is 4.79 Å². The number of hydrogen-bond donors (Lipinski definition) is 3. The van der Waals surface area contributed by atoms with Crippen LogP contribution in [0.1, 0.15) is 45.8 Å². The Hall–Kier alpha value is -1.55. The van der Waals surface area contributed by atoms with Crippen LogP contribution in [0.2, 0.25) is 0 Å². The molecule has 29 heavy (non-hydrogen) atoms. The summed E-state index contributed by atoms with van der Waals surface area (Å²) in [5.41, 5.74) is 0.715. The number of ether oxygens (including phenoxy) is 2. The van der Waals surface area contributed by atoms with Crippen LogP contribution in [0.15, 0.2) is 35.3 Å². The average Bonchev–Trinajstić information content (AvgIpc) is 3.11. The topological polar surface area (TPSA) is 84.0 Å². The minimum absolute atomic E-state index is 0. The highest BCUT2D eigenvalue weighted by Crippen LogP contribution is 2.34. The van der Waals surface area contributed by atoms with Crippen LogP contribution in [0.5, 0.6) is 0 Å². The van der Waals surface area contributed by atoms with E-state index in [0.29, 0.717) is 25.6 Å². The van der Waals surface area contributed by atoms with Gasteiger partial charge in [-0.05, 0) is 39.7 Å². The van der Waals surface area contributed by atoms with E-state index in [4.69, 9.17) is 14.5 Å². The Bertz CT molecular complexity index is 635. The van der Waals surface area contributed by atoms with E-state index in [9.17, 15) is 4.79 Å². The molecule has 0 saturated carbocycles. The quantitative estimate of drug-likeness (QED) is 0.223. The van der Waals surface area contributed by atoms with E-state index in [1.165, 1.54) is 5.56 Å². The normalized spacial score (nSPS) is 19.2. The maximum absolute atomic E-state index is 11.7. The Morgan fingerprint density at radius 1 is 1.17 bits per heavy atom. The molecule has 1 aromatic rings. The number of nitrogens with one attached hydrogen (secondary N) is 3. The summed E-state index contributed by atoms with van der Waals surface area (Å²) in [6.45, 7) is 10.8. The van der Waals surface area contributed by atoms with E-state index in [0.717, 1.165) is 25.5 Å². The number of amides is 1. The van der Waals surface area contributed by atoms with Crippen LogP contribution in [0.4, 0.5) is 4.79 Å². The average molecular weight is 518 g/mol. The van der Waals surface area contributed by atoms with Gasteiger partial charge in [-0.2, -0.15) is 0 Å². The van der Waals surface area contributed by atoms with Crippen molar-refractivity contribution < 1.29 is 14.3 Å². The fourth-order valence-corrected chi connectivity index (χ4v) is 3.04. The first-order chi connectivity index (χ1) is 13.4. The Morgan fingerprint density at radius 2 is 1.86 bits per heavy atom. The third-order valence-corrected chi connectivity index (χ3v) is 4.26. The first-order valence-electron chi connectivity index (χ1n) is 10.0. The molecule has 2 rings (SSSR count). The molecule has 7 nitrogen and oxygen atoms in total. The summed E-state index contributed by atoms with van der Waals surface area (Å²) in [6, 6.07) is 10.3. The molecule has 1 aliphatic heterocycles. The van der Waals surface area contributed by atoms with E-state index in [1.54, 1.807) is 0 Å². The molecule has 0 radical (unpaired) electrons. The maximum atomic E-state index is 11.7. The molecule has 1 fully saturated rings. The summed E-state index contributed by atoms with van der Waals surface area (Å²) in [5, 5.41) is 9.22. The number of alkyl carbamates (subject to hydrolysis) is 1. The number of benzene rings is 1. The minimum Gasteiger partial charge on any atom is -0.444 e. The van der Waals surface area contributed by atoms with Crippen molar-refractivity contribution in [3.05, 3.63) is 35.9 Å². The van der Waals surface area contributed by atoms with Gasteiger partial charge in [0.25, 0.3) is 0 Å². The lowest BCUT2D eigenvalue weighted by Gasteiger charge is -2.20. The van der Waals surface area contributed by atoms with E-state index in [2.05, 4.69) is 28.1 Å². The molecule has 0 bridgehead atoms. The van der Waals surface area contributed by atoms with Gasteiger partial charge in [0.2, 0.25) is 0 Å². The highest BCUT2D eigenvalue weighted by Gasteiger charge is 2.29. The molecule has 164 valence electrons. The first kappa shape index (κ1) is 25.5. The standard InChI is InChI=1S/C21H34N4O3.HI/c1-5-22-19(23-12-13-24-20(26)28-21(2,3)4)25-15-17-11-14-27-18(17)16-9-7-6-8-10-16;/h6-10,17-18H,5,11-15H2,1-4H3,(H,24,26)(H2,22,23,25);1H. The second-order valence-corrected chi connectivity index (χ2v) is 7.83. The van der Waals surface area contributed by atoms with Gasteiger partial charge in [0.1, 0.15) is 5.60 Å². The molecule has 1 aromatic carbocycles. The lowest BCUT2D eigenvalue weighted by molar-refractivity contribution is 0.0529. The highest BCUT2D eigenvalue weighted by molar-refractivity contribution is 14.0. The molecular weight excluding hydrogens is 483 g/mol. The van der Waals surface area contributed by atoms with Gasteiger partial charge < -0.3 is 25.4 Å². The zero-order valence-corrected chi connectivity index (χ0v) is 20.2. The van der Waals surface area contributed by atoms with Crippen molar-refractivity contribution in [1.82, 2.24) is 16.0 Å². The number of guanidine groups is 1. The Kier molecular flexibility index (Phi) is 11.3. The number of carbonyl (C=O) groups is 1. The predicted octanol–water partition coefficient (Wildman–Crippen LogP) is 3.46. The molecule has 8 heteroatoms. The monoisotopic (exact) mass is 518 g/mol. The zero-order chi connectivity index (χ0) is 20.4. The molecule has 2 atom stereocenters. The van der Waals surface area contributed by atoms with Gasteiger partial charge in [-0.15, -0.1) is 24.0 Å². The summed E-state index contributed by atoms with van der Waals surface area (Å²) in [6.07, 6.45) is 0.689. The number of aliphatic imine (C=N–C) groups is 1. The molecular formula is C21H35IN4O3. The molecule has 2 unspecified atom stereocenters. The highest BCUT2D eigenvalue weighted by atomic mass is 127. The maximum Gasteiger partial charge on any atom is 0.407 e. The van der Waals surface area contributed by atoms with Crippen molar-refractivity contribution in [3.63, 3.8) is 0 Å². The molecule has 1 saturated heterocycles. The van der Waals surface area contributed by atoms with Gasteiger partial charge in [0.15, 0.2) is 5.96 Å². The number of rotatable bonds is 7. The van der Waals surface area contributed by atoms with Crippen LogP contribution in [-0.4, -0.2) is 50.4 Å². The van der Waals surface area contributed by atoms with Gasteiger partial charge in [0, 0.05) is 38.7 Å². The largest absolute Gasteiger partial charge is 0.444 e. The summed E-state index contributed by atoms with van der Waals surface area (Å²) in [7, 11) is 0. The lowest BCUT2D eigenvalue weighted by atomic mass is 9.95. The summed E-state index contributed by atoms with van der Waals surface area (Å²) >= 11 is 0. The van der Waals surface area contributed by atoms with Crippen LogP contribution >= 0.6 is 24.0 Å². The first-order valence-corrected chi connectivity index (χ1v) is 10.0. The van der Waals surface area contributed by atoms with E-state index >= 15 is 0 Å². The van der Waals surface area contributed by atoms with Crippen LogP contribution in [-0.2, 0) is 9.47 Å². The van der Waals surface area contributed by atoms with Crippen LogP contribution in [0.25, 0.3) is 0 Å². The third kappa shape index (κ3) is 9.66. The number of nitrogens with zero attached hydrogens (tertiary/aromatic N) is 1. The molecule has 1 heterocycles. The molecule has 1 aliphatic rings. The van der Waals surface area contributed by atoms with E-state index in [-0.39, 0.29) is 30.1 Å². The molecule has 0 spiro atoms. The van der Waals surface area contributed by atoms with Crippen LogP contribution in [0.3, 0.4) is 0 Å². The second kappa shape index (κ2) is 12.9. The number of hydrogen-bond acceptors (Lipinski definition) is 4. The van der Waals surface area contributed by atoms with Crippen LogP contribution < -0.4 is 16.0 Å². The fraction of sp³-hybridized carbons (Fsp3) is 0.619. The molecule has 3 N–H and O–H groups in total. The molecule has 1 amide bonds. The van der Waals surface area contributed by atoms with E-state index < -0.39 is 11.7 Å². The smallest absolute Gasteiger partial charge is 0.407 e. The third-order valence-electron chi connectivity index (χ3n) is 4.26. The molecule has 0 aromatic heterocycles. The van der Waals surface area contributed by atoms with Crippen molar-refractivity contribution in [2.45, 2.75) is 45.8 Å². The second-order valence-electron chi connectivity index (χ2n) is 7.83. The van der Waals surface area contributed by atoms with Gasteiger partial charge in [-0.3, -0.25) is 4.99 Å². The predicted molar refractivity (Wildman–Crippen MR) is 127 cm³/mol. The van der Waals surface area contributed by atoms with Crippen molar-refractivity contribution in [2.24, 2.45) is 10.9 Å². The Labute approximate surface area is 191 Å². The van der Waals surface area contributed by atoms with Gasteiger partial charge >= 0.3 is 6.09 Å². The number of halogens is 1. The van der Waals surface area contributed by atoms with Crippen LogP contribution in [0, 0.1) is 5.92 Å². The Balaban J connectivity index is 0.00000420. The van der Waals surface area contributed by atoms with Gasteiger partial charge in [0.05, 0.1) is 6.10 Å². The Morgan fingerprint density at radius 3 is 2.52 bits per heavy atom. The van der Waals surface area contributed by atoms with Crippen molar-refractivity contribution in [3.8, 4) is 0 Å². The van der Waals surface area contributed by atoms with Gasteiger partial charge in [-0.1, -0.05) is 30.3 Å². The summed E-state index contributed by atoms with van der Waals surface area (Å²) in [5.74, 6) is 1.10. The lowest BCUT2D eigenvalue weighted by Crippen LogP contribution is -2.42. The van der Waals surface area contributed by atoms with Crippen molar-refractivity contribution >= 4 is 36.0 Å². The van der Waals surface area contributed by atoms with Crippen molar-refractivity contribution in [2.75, 3.05) is 32.8 Å². The fourth-order valence-electron chi connectivity index (χ4n) is 3.04.